The SMILES string of the molecule is CCOC(c1noc([C@H](N)CCSC)n1)C(C)C. The van der Waals surface area contributed by atoms with E-state index in [9.17, 15) is 0 Å². The molecule has 0 amide bonds. The highest BCUT2D eigenvalue weighted by Gasteiger charge is 2.23. The third-order valence-corrected chi connectivity index (χ3v) is 3.26. The molecule has 0 bridgehead atoms. The van der Waals surface area contributed by atoms with Crippen LogP contribution in [0.2, 0.25) is 0 Å². The number of hydrogen-bond acceptors (Lipinski definition) is 6. The lowest BCUT2D eigenvalue weighted by atomic mass is 10.1. The number of nitrogens with zero attached hydrogens (tertiary/aromatic N) is 2. The first kappa shape index (κ1) is 15.5. The maximum absolute atomic E-state index is 5.99. The monoisotopic (exact) mass is 273 g/mol. The zero-order valence-corrected chi connectivity index (χ0v) is 12.4. The van der Waals surface area contributed by atoms with Gasteiger partial charge in [0.2, 0.25) is 11.7 Å². The highest BCUT2D eigenvalue weighted by Crippen LogP contribution is 2.24. The molecule has 1 aromatic rings. The highest BCUT2D eigenvalue weighted by molar-refractivity contribution is 7.98. The van der Waals surface area contributed by atoms with E-state index in [2.05, 4.69) is 30.2 Å². The molecule has 0 aliphatic rings. The first-order valence-corrected chi connectivity index (χ1v) is 7.69. The van der Waals surface area contributed by atoms with E-state index in [0.29, 0.717) is 24.2 Å². The van der Waals surface area contributed by atoms with Crippen molar-refractivity contribution in [2.45, 2.75) is 39.3 Å². The van der Waals surface area contributed by atoms with Gasteiger partial charge in [0, 0.05) is 6.61 Å². The molecule has 1 heterocycles. The molecule has 5 nitrogen and oxygen atoms in total. The molecule has 1 unspecified atom stereocenters. The molecule has 0 fully saturated rings. The van der Waals surface area contributed by atoms with E-state index < -0.39 is 0 Å². The molecule has 0 saturated carbocycles. The summed E-state index contributed by atoms with van der Waals surface area (Å²) in [5.74, 6) is 2.39. The predicted octanol–water partition coefficient (Wildman–Crippen LogP) is 2.56. The van der Waals surface area contributed by atoms with Gasteiger partial charge in [-0.3, -0.25) is 0 Å². The lowest BCUT2D eigenvalue weighted by Gasteiger charge is -2.16. The second-order valence-corrected chi connectivity index (χ2v) is 5.48. The molecule has 0 aromatic carbocycles. The minimum Gasteiger partial charge on any atom is -0.370 e. The molecular formula is C12H23N3O2S. The number of hydrogen-bond donors (Lipinski definition) is 1. The lowest BCUT2D eigenvalue weighted by molar-refractivity contribution is 0.0217. The Hall–Kier alpha value is -0.590. The van der Waals surface area contributed by atoms with Gasteiger partial charge < -0.3 is 15.0 Å². The molecule has 0 saturated heterocycles. The first-order valence-electron chi connectivity index (χ1n) is 6.29. The van der Waals surface area contributed by atoms with Crippen LogP contribution in [-0.4, -0.2) is 28.8 Å². The van der Waals surface area contributed by atoms with Gasteiger partial charge in [0.25, 0.3) is 0 Å². The Morgan fingerprint density at radius 2 is 2.17 bits per heavy atom. The van der Waals surface area contributed by atoms with Crippen molar-refractivity contribution in [1.29, 1.82) is 0 Å². The van der Waals surface area contributed by atoms with Crippen molar-refractivity contribution in [1.82, 2.24) is 10.1 Å². The summed E-state index contributed by atoms with van der Waals surface area (Å²) in [4.78, 5) is 4.37. The molecule has 2 N–H and O–H groups in total. The summed E-state index contributed by atoms with van der Waals surface area (Å²) in [7, 11) is 0. The van der Waals surface area contributed by atoms with Gasteiger partial charge in [-0.05, 0) is 31.3 Å². The molecule has 0 aliphatic carbocycles. The van der Waals surface area contributed by atoms with E-state index in [1.807, 2.05) is 6.92 Å². The van der Waals surface area contributed by atoms with Gasteiger partial charge in [0.05, 0.1) is 6.04 Å². The zero-order chi connectivity index (χ0) is 13.5. The van der Waals surface area contributed by atoms with Crippen LogP contribution in [0.3, 0.4) is 0 Å². The molecular weight excluding hydrogens is 250 g/mol. The van der Waals surface area contributed by atoms with Crippen molar-refractivity contribution in [2.75, 3.05) is 18.6 Å². The normalized spacial score (nSPS) is 15.0. The van der Waals surface area contributed by atoms with Gasteiger partial charge in [-0.25, -0.2) is 0 Å². The second-order valence-electron chi connectivity index (χ2n) is 4.50. The van der Waals surface area contributed by atoms with Crippen LogP contribution >= 0.6 is 11.8 Å². The fourth-order valence-corrected chi connectivity index (χ4v) is 2.12. The van der Waals surface area contributed by atoms with Crippen molar-refractivity contribution >= 4 is 11.8 Å². The van der Waals surface area contributed by atoms with Gasteiger partial charge in [-0.2, -0.15) is 16.7 Å². The summed E-state index contributed by atoms with van der Waals surface area (Å²) in [6.45, 7) is 6.74. The summed E-state index contributed by atoms with van der Waals surface area (Å²) in [5.41, 5.74) is 5.99. The molecule has 0 aliphatic heterocycles. The van der Waals surface area contributed by atoms with Crippen molar-refractivity contribution in [2.24, 2.45) is 11.7 Å². The number of ether oxygens (including phenoxy) is 1. The summed E-state index contributed by atoms with van der Waals surface area (Å²) >= 11 is 1.76. The Balaban J connectivity index is 2.71. The number of nitrogens with two attached hydrogens (primary N) is 1. The van der Waals surface area contributed by atoms with Gasteiger partial charge in [0.1, 0.15) is 6.10 Å². The van der Waals surface area contributed by atoms with E-state index in [-0.39, 0.29) is 12.1 Å². The zero-order valence-electron chi connectivity index (χ0n) is 11.5. The largest absolute Gasteiger partial charge is 0.370 e. The molecule has 1 aromatic heterocycles. The number of thioether (sulfide) groups is 1. The molecule has 104 valence electrons. The van der Waals surface area contributed by atoms with Crippen LogP contribution < -0.4 is 5.73 Å². The van der Waals surface area contributed by atoms with Crippen LogP contribution in [0.25, 0.3) is 0 Å². The molecule has 18 heavy (non-hydrogen) atoms. The fraction of sp³-hybridized carbons (Fsp3) is 0.833. The standard InChI is InChI=1S/C12H23N3O2S/c1-5-16-10(8(2)3)11-14-12(17-15-11)9(13)6-7-18-4/h8-10H,5-7,13H2,1-4H3/t9-,10?/m1/s1. The molecule has 6 heteroatoms. The Morgan fingerprint density at radius 1 is 1.44 bits per heavy atom. The van der Waals surface area contributed by atoms with Gasteiger partial charge in [0.15, 0.2) is 0 Å². The van der Waals surface area contributed by atoms with Gasteiger partial charge in [-0.15, -0.1) is 0 Å². The van der Waals surface area contributed by atoms with E-state index >= 15 is 0 Å². The average Bonchev–Trinajstić information content (AvgIpc) is 2.81. The van der Waals surface area contributed by atoms with Crippen molar-refractivity contribution in [3.05, 3.63) is 11.7 Å². The molecule has 0 spiro atoms. The lowest BCUT2D eigenvalue weighted by Crippen LogP contribution is -2.14. The van der Waals surface area contributed by atoms with E-state index in [1.165, 1.54) is 0 Å². The minimum absolute atomic E-state index is 0.125. The summed E-state index contributed by atoms with van der Waals surface area (Å²) in [6.07, 6.45) is 2.76. The Morgan fingerprint density at radius 3 is 2.72 bits per heavy atom. The van der Waals surface area contributed by atoms with Crippen molar-refractivity contribution in [3.63, 3.8) is 0 Å². The Kier molecular flexibility index (Phi) is 6.67. The second kappa shape index (κ2) is 7.76. The predicted molar refractivity (Wildman–Crippen MR) is 73.4 cm³/mol. The van der Waals surface area contributed by atoms with Crippen LogP contribution in [0.5, 0.6) is 0 Å². The fourth-order valence-electron chi connectivity index (χ4n) is 1.63. The summed E-state index contributed by atoms with van der Waals surface area (Å²) in [5, 5.41) is 3.99. The average molecular weight is 273 g/mol. The van der Waals surface area contributed by atoms with Crippen LogP contribution in [0, 0.1) is 5.92 Å². The molecule has 2 atom stereocenters. The highest BCUT2D eigenvalue weighted by atomic mass is 32.2. The van der Waals surface area contributed by atoms with Crippen LogP contribution in [-0.2, 0) is 4.74 Å². The Labute approximate surface area is 113 Å². The van der Waals surface area contributed by atoms with Gasteiger partial charge >= 0.3 is 0 Å². The quantitative estimate of drug-likeness (QED) is 0.784. The van der Waals surface area contributed by atoms with Crippen molar-refractivity contribution in [3.8, 4) is 0 Å². The summed E-state index contributed by atoms with van der Waals surface area (Å²) in [6, 6.07) is -0.187. The number of rotatable bonds is 8. The number of aromatic nitrogens is 2. The maximum Gasteiger partial charge on any atom is 0.243 e. The minimum atomic E-state index is -0.187. The van der Waals surface area contributed by atoms with Gasteiger partial charge in [-0.1, -0.05) is 19.0 Å². The smallest absolute Gasteiger partial charge is 0.243 e. The summed E-state index contributed by atoms with van der Waals surface area (Å²) < 4.78 is 10.9. The Bertz CT molecular complexity index is 344. The molecule has 0 radical (unpaired) electrons. The third-order valence-electron chi connectivity index (χ3n) is 2.61. The van der Waals surface area contributed by atoms with Crippen molar-refractivity contribution < 1.29 is 9.26 Å². The molecule has 1 rings (SSSR count). The third kappa shape index (κ3) is 4.26. The van der Waals surface area contributed by atoms with E-state index in [4.69, 9.17) is 15.0 Å². The van der Waals surface area contributed by atoms with Crippen LogP contribution in [0.15, 0.2) is 4.52 Å². The van der Waals surface area contributed by atoms with E-state index in [1.54, 1.807) is 11.8 Å². The van der Waals surface area contributed by atoms with Crippen LogP contribution in [0.4, 0.5) is 0 Å². The topological polar surface area (TPSA) is 74.2 Å². The maximum atomic E-state index is 5.99. The first-order chi connectivity index (χ1) is 8.60. The van der Waals surface area contributed by atoms with Crippen LogP contribution in [0.1, 0.15) is 51.1 Å². The van der Waals surface area contributed by atoms with E-state index in [0.717, 1.165) is 12.2 Å².